The Morgan fingerprint density at radius 1 is 1.23 bits per heavy atom. The number of carbonyl (C=O) groups is 1. The number of benzene rings is 1. The molecular weight excluding hydrogens is 166 g/mol. The first kappa shape index (κ1) is 11.5. The lowest BCUT2D eigenvalue weighted by molar-refractivity contribution is 0.0697. The number of nitrogens with one attached hydrogen (secondary N) is 1. The van der Waals surface area contributed by atoms with Gasteiger partial charge in [-0.2, -0.15) is 0 Å². The highest BCUT2D eigenvalue weighted by Gasteiger charge is 1.99. The highest BCUT2D eigenvalue weighted by molar-refractivity contribution is 5.87. The van der Waals surface area contributed by atoms with Crippen molar-refractivity contribution < 1.29 is 9.90 Å². The number of anilines is 1. The van der Waals surface area contributed by atoms with Gasteiger partial charge in [0.15, 0.2) is 0 Å². The fourth-order valence-electron chi connectivity index (χ4n) is 0.779. The predicted octanol–water partition coefficient (Wildman–Crippen LogP) is 2.45. The molecule has 0 aliphatic rings. The van der Waals surface area contributed by atoms with Crippen molar-refractivity contribution in [2.45, 2.75) is 13.8 Å². The Bertz CT molecular complexity index is 254. The van der Waals surface area contributed by atoms with E-state index in [0.717, 1.165) is 5.69 Å². The minimum Gasteiger partial charge on any atom is -0.478 e. The Morgan fingerprint density at radius 2 is 1.69 bits per heavy atom. The summed E-state index contributed by atoms with van der Waals surface area (Å²) in [6.45, 7) is 4.00. The number of aromatic carboxylic acids is 1. The second kappa shape index (κ2) is 6.06. The monoisotopic (exact) mass is 181 g/mol. The van der Waals surface area contributed by atoms with Crippen LogP contribution in [0.2, 0.25) is 0 Å². The van der Waals surface area contributed by atoms with Crippen molar-refractivity contribution in [3.05, 3.63) is 29.8 Å². The summed E-state index contributed by atoms with van der Waals surface area (Å²) >= 11 is 0. The first-order valence-corrected chi connectivity index (χ1v) is 4.25. The highest BCUT2D eigenvalue weighted by Crippen LogP contribution is 2.07. The van der Waals surface area contributed by atoms with Crippen molar-refractivity contribution in [3.63, 3.8) is 0 Å². The zero-order chi connectivity index (χ0) is 10.3. The van der Waals surface area contributed by atoms with Gasteiger partial charge in [-0.3, -0.25) is 0 Å². The number of hydrogen-bond donors (Lipinski definition) is 2. The van der Waals surface area contributed by atoms with Gasteiger partial charge in [0.05, 0.1) is 5.56 Å². The Balaban J connectivity index is 0.000000671. The number of carboxylic acids is 1. The smallest absolute Gasteiger partial charge is 0.335 e. The van der Waals surface area contributed by atoms with Crippen molar-refractivity contribution >= 4 is 11.7 Å². The van der Waals surface area contributed by atoms with E-state index in [-0.39, 0.29) is 0 Å². The molecule has 0 aliphatic carbocycles. The lowest BCUT2D eigenvalue weighted by Gasteiger charge is -1.98. The maximum atomic E-state index is 10.4. The second-order valence-electron chi connectivity index (χ2n) is 2.13. The maximum absolute atomic E-state index is 10.4. The summed E-state index contributed by atoms with van der Waals surface area (Å²) in [5.74, 6) is -0.896. The molecule has 1 aromatic rings. The maximum Gasteiger partial charge on any atom is 0.335 e. The van der Waals surface area contributed by atoms with Crippen LogP contribution >= 0.6 is 0 Å². The Kier molecular flexibility index (Phi) is 5.35. The molecule has 1 aromatic carbocycles. The number of hydrogen-bond acceptors (Lipinski definition) is 2. The van der Waals surface area contributed by atoms with Crippen molar-refractivity contribution in [1.29, 1.82) is 0 Å². The molecule has 0 atom stereocenters. The minimum atomic E-state index is -0.896. The molecule has 0 aliphatic heterocycles. The molecule has 0 spiro atoms. The third-order valence-corrected chi connectivity index (χ3v) is 1.42. The van der Waals surface area contributed by atoms with Gasteiger partial charge in [-0.25, -0.2) is 4.79 Å². The zero-order valence-corrected chi connectivity index (χ0v) is 8.16. The van der Waals surface area contributed by atoms with Gasteiger partial charge < -0.3 is 10.4 Å². The van der Waals surface area contributed by atoms with E-state index in [1.807, 2.05) is 13.8 Å². The van der Waals surface area contributed by atoms with E-state index >= 15 is 0 Å². The lowest BCUT2D eigenvalue weighted by atomic mass is 10.2. The van der Waals surface area contributed by atoms with Crippen LogP contribution in [0.25, 0.3) is 0 Å². The van der Waals surface area contributed by atoms with E-state index in [9.17, 15) is 4.79 Å². The molecule has 13 heavy (non-hydrogen) atoms. The van der Waals surface area contributed by atoms with Crippen molar-refractivity contribution in [3.8, 4) is 0 Å². The zero-order valence-electron chi connectivity index (χ0n) is 8.16. The highest BCUT2D eigenvalue weighted by atomic mass is 16.4. The van der Waals surface area contributed by atoms with Gasteiger partial charge in [0.2, 0.25) is 0 Å². The summed E-state index contributed by atoms with van der Waals surface area (Å²) in [6, 6.07) is 6.58. The van der Waals surface area contributed by atoms with Crippen LogP contribution in [0.3, 0.4) is 0 Å². The fourth-order valence-corrected chi connectivity index (χ4v) is 0.779. The summed E-state index contributed by atoms with van der Waals surface area (Å²) in [5.41, 5.74) is 1.22. The Hall–Kier alpha value is -1.51. The molecule has 0 saturated carbocycles. The number of rotatable bonds is 2. The molecule has 3 nitrogen and oxygen atoms in total. The molecule has 0 amide bonds. The minimum absolute atomic E-state index is 0.309. The molecule has 0 unspecified atom stereocenters. The van der Waals surface area contributed by atoms with Crippen LogP contribution in [0.5, 0.6) is 0 Å². The molecule has 0 bridgehead atoms. The summed E-state index contributed by atoms with van der Waals surface area (Å²) < 4.78 is 0. The third-order valence-electron chi connectivity index (χ3n) is 1.42. The standard InChI is InChI=1S/C8H9NO2.C2H6/c1-9-7-4-2-6(3-5-7)8(10)11;1-2/h2-5,9H,1H3,(H,10,11);1-2H3. The molecule has 0 fully saturated rings. The average Bonchev–Trinajstić information content (AvgIpc) is 2.21. The molecular formula is C10H15NO2. The van der Waals surface area contributed by atoms with Crippen molar-refractivity contribution in [2.75, 3.05) is 12.4 Å². The van der Waals surface area contributed by atoms with E-state index in [2.05, 4.69) is 5.32 Å². The van der Waals surface area contributed by atoms with Crippen LogP contribution < -0.4 is 5.32 Å². The molecule has 72 valence electrons. The van der Waals surface area contributed by atoms with Crippen LogP contribution in [0.4, 0.5) is 5.69 Å². The van der Waals surface area contributed by atoms with E-state index in [4.69, 9.17) is 5.11 Å². The first-order chi connectivity index (χ1) is 6.24. The van der Waals surface area contributed by atoms with E-state index in [1.54, 1.807) is 31.3 Å². The molecule has 3 heteroatoms. The van der Waals surface area contributed by atoms with Crippen LogP contribution in [-0.4, -0.2) is 18.1 Å². The molecule has 1 rings (SSSR count). The summed E-state index contributed by atoms with van der Waals surface area (Å²) in [7, 11) is 1.79. The van der Waals surface area contributed by atoms with Crippen LogP contribution in [0, 0.1) is 0 Å². The summed E-state index contributed by atoms with van der Waals surface area (Å²) in [6.07, 6.45) is 0. The van der Waals surface area contributed by atoms with Gasteiger partial charge in [-0.1, -0.05) is 13.8 Å². The van der Waals surface area contributed by atoms with Crippen LogP contribution in [0.15, 0.2) is 24.3 Å². The lowest BCUT2D eigenvalue weighted by Crippen LogP contribution is -1.96. The predicted molar refractivity (Wildman–Crippen MR) is 54.3 cm³/mol. The second-order valence-corrected chi connectivity index (χ2v) is 2.13. The average molecular weight is 181 g/mol. The fraction of sp³-hybridized carbons (Fsp3) is 0.300. The largest absolute Gasteiger partial charge is 0.478 e. The van der Waals surface area contributed by atoms with Gasteiger partial charge in [-0.05, 0) is 24.3 Å². The van der Waals surface area contributed by atoms with Gasteiger partial charge in [-0.15, -0.1) is 0 Å². The summed E-state index contributed by atoms with van der Waals surface area (Å²) in [5, 5.41) is 11.4. The number of carboxylic acid groups (broad SMARTS) is 1. The molecule has 2 N–H and O–H groups in total. The Morgan fingerprint density at radius 3 is 2.00 bits per heavy atom. The van der Waals surface area contributed by atoms with Gasteiger partial charge in [0.1, 0.15) is 0 Å². The summed E-state index contributed by atoms with van der Waals surface area (Å²) in [4.78, 5) is 10.4. The SMILES string of the molecule is CC.CNc1ccc(C(=O)O)cc1. The molecule has 0 heterocycles. The van der Waals surface area contributed by atoms with E-state index in [0.29, 0.717) is 5.56 Å². The third kappa shape index (κ3) is 3.60. The van der Waals surface area contributed by atoms with E-state index < -0.39 is 5.97 Å². The van der Waals surface area contributed by atoms with Gasteiger partial charge >= 0.3 is 5.97 Å². The topological polar surface area (TPSA) is 49.3 Å². The van der Waals surface area contributed by atoms with Gasteiger partial charge in [0.25, 0.3) is 0 Å². The van der Waals surface area contributed by atoms with Crippen LogP contribution in [0.1, 0.15) is 24.2 Å². The normalized spacial score (nSPS) is 8.23. The van der Waals surface area contributed by atoms with E-state index in [1.165, 1.54) is 0 Å². The van der Waals surface area contributed by atoms with Gasteiger partial charge in [0, 0.05) is 12.7 Å². The molecule has 0 aromatic heterocycles. The van der Waals surface area contributed by atoms with Crippen molar-refractivity contribution in [1.82, 2.24) is 0 Å². The van der Waals surface area contributed by atoms with Crippen LogP contribution in [-0.2, 0) is 0 Å². The molecule has 0 saturated heterocycles. The quantitative estimate of drug-likeness (QED) is 0.736. The van der Waals surface area contributed by atoms with Crippen molar-refractivity contribution in [2.24, 2.45) is 0 Å². The Labute approximate surface area is 78.4 Å². The first-order valence-electron chi connectivity index (χ1n) is 4.25. The molecule has 0 radical (unpaired) electrons.